The second-order valence-corrected chi connectivity index (χ2v) is 7.13. The Morgan fingerprint density at radius 3 is 2.28 bits per heavy atom. The quantitative estimate of drug-likeness (QED) is 0.547. The van der Waals surface area contributed by atoms with Crippen molar-refractivity contribution in [3.05, 3.63) is 106 Å². The van der Waals surface area contributed by atoms with Gasteiger partial charge in [-0.25, -0.2) is 4.39 Å². The lowest BCUT2D eigenvalue weighted by atomic mass is 9.87. The molecule has 1 atom stereocenters. The fourth-order valence-corrected chi connectivity index (χ4v) is 3.20. The van der Waals surface area contributed by atoms with Crippen LogP contribution in [-0.2, 0) is 0 Å². The van der Waals surface area contributed by atoms with Crippen molar-refractivity contribution in [3.8, 4) is 6.07 Å². The molecule has 0 aromatic heterocycles. The number of carbonyl (C=O) groups is 2. The van der Waals surface area contributed by atoms with E-state index in [2.05, 4.69) is 10.6 Å². The minimum atomic E-state index is -0.316. The highest BCUT2D eigenvalue weighted by molar-refractivity contribution is 5.94. The van der Waals surface area contributed by atoms with Crippen molar-refractivity contribution in [2.45, 2.75) is 12.3 Å². The van der Waals surface area contributed by atoms with Gasteiger partial charge in [-0.2, -0.15) is 5.26 Å². The van der Waals surface area contributed by atoms with Crippen molar-refractivity contribution >= 4 is 12.2 Å². The van der Waals surface area contributed by atoms with Gasteiger partial charge in [0, 0.05) is 23.6 Å². The molecule has 3 aromatic carbocycles. The molecule has 1 unspecified atom stereocenters. The van der Waals surface area contributed by atoms with Gasteiger partial charge in [-0.3, -0.25) is 9.59 Å². The topological polar surface area (TPSA) is 82.0 Å². The summed E-state index contributed by atoms with van der Waals surface area (Å²) in [5.74, 6) is -0.644. The summed E-state index contributed by atoms with van der Waals surface area (Å²) in [5.41, 5.74) is 3.37. The van der Waals surface area contributed by atoms with E-state index in [1.165, 1.54) is 12.1 Å². The average molecular weight is 432 g/mol. The zero-order valence-electron chi connectivity index (χ0n) is 18.1. The standard InChI is InChI=1S/C24H19FN2O2.C2H7N/c25-22-10-8-19(9-11-22)23(21-3-1-2-18(14-21)16-28)12-13-27-24(29)20-6-4-17(15-26)5-7-20;1-3-2/h1-11,14,16,23H,12-13H2,(H,27,29);3H,1-2H3. The maximum Gasteiger partial charge on any atom is 0.251 e. The summed E-state index contributed by atoms with van der Waals surface area (Å²) in [6, 6.07) is 21.9. The summed E-state index contributed by atoms with van der Waals surface area (Å²) >= 11 is 0. The molecule has 0 aliphatic carbocycles. The van der Waals surface area contributed by atoms with Crippen molar-refractivity contribution in [2.75, 3.05) is 20.6 Å². The van der Waals surface area contributed by atoms with Crippen molar-refractivity contribution < 1.29 is 14.0 Å². The first-order valence-corrected chi connectivity index (χ1v) is 10.2. The molecular weight excluding hydrogens is 405 g/mol. The first-order valence-electron chi connectivity index (χ1n) is 10.2. The third-order valence-corrected chi connectivity index (χ3v) is 4.72. The second-order valence-electron chi connectivity index (χ2n) is 7.13. The molecule has 0 bridgehead atoms. The van der Waals surface area contributed by atoms with Crippen molar-refractivity contribution in [2.24, 2.45) is 0 Å². The minimum absolute atomic E-state index is 0.100. The predicted octanol–water partition coefficient (Wildman–Crippen LogP) is 4.30. The Morgan fingerprint density at radius 1 is 1.03 bits per heavy atom. The summed E-state index contributed by atoms with van der Waals surface area (Å²) < 4.78 is 13.3. The summed E-state index contributed by atoms with van der Waals surface area (Å²) in [6.45, 7) is 0.395. The molecular formula is C26H26FN3O2. The molecule has 2 N–H and O–H groups in total. The number of carbonyl (C=O) groups excluding carboxylic acids is 2. The Balaban J connectivity index is 0.00000114. The summed E-state index contributed by atoms with van der Waals surface area (Å²) in [5, 5.41) is 14.5. The average Bonchev–Trinajstić information content (AvgIpc) is 2.83. The SMILES string of the molecule is CNC.N#Cc1ccc(C(=O)NCCC(c2ccc(F)cc2)c2cccc(C=O)c2)cc1. The number of halogens is 1. The van der Waals surface area contributed by atoms with Gasteiger partial charge < -0.3 is 10.6 Å². The van der Waals surface area contributed by atoms with Crippen LogP contribution >= 0.6 is 0 Å². The Bertz CT molecular complexity index is 1060. The van der Waals surface area contributed by atoms with Gasteiger partial charge in [0.15, 0.2) is 0 Å². The molecule has 3 aromatic rings. The monoisotopic (exact) mass is 431 g/mol. The van der Waals surface area contributed by atoms with E-state index in [0.717, 1.165) is 17.4 Å². The van der Waals surface area contributed by atoms with E-state index in [4.69, 9.17) is 5.26 Å². The zero-order chi connectivity index (χ0) is 23.3. The maximum absolute atomic E-state index is 13.3. The van der Waals surface area contributed by atoms with Crippen molar-refractivity contribution in [1.29, 1.82) is 5.26 Å². The summed E-state index contributed by atoms with van der Waals surface area (Å²) in [4.78, 5) is 23.5. The van der Waals surface area contributed by atoms with Crippen LogP contribution in [0.2, 0.25) is 0 Å². The van der Waals surface area contributed by atoms with E-state index in [-0.39, 0.29) is 17.6 Å². The number of rotatable bonds is 7. The third-order valence-electron chi connectivity index (χ3n) is 4.72. The molecule has 6 heteroatoms. The van der Waals surface area contributed by atoms with Crippen LogP contribution in [0.1, 0.15) is 49.7 Å². The van der Waals surface area contributed by atoms with Crippen LogP contribution in [0.5, 0.6) is 0 Å². The molecule has 0 spiro atoms. The first-order chi connectivity index (χ1) is 15.5. The van der Waals surface area contributed by atoms with Crippen LogP contribution in [0.25, 0.3) is 0 Å². The van der Waals surface area contributed by atoms with Gasteiger partial charge in [-0.1, -0.05) is 30.3 Å². The number of nitrogens with zero attached hydrogens (tertiary/aromatic N) is 1. The summed E-state index contributed by atoms with van der Waals surface area (Å²) in [7, 11) is 3.75. The lowest BCUT2D eigenvalue weighted by molar-refractivity contribution is 0.0952. The highest BCUT2D eigenvalue weighted by Gasteiger charge is 2.16. The number of nitriles is 1. The zero-order valence-corrected chi connectivity index (χ0v) is 18.1. The Morgan fingerprint density at radius 2 is 1.69 bits per heavy atom. The molecule has 5 nitrogen and oxygen atoms in total. The highest BCUT2D eigenvalue weighted by Crippen LogP contribution is 2.28. The molecule has 32 heavy (non-hydrogen) atoms. The van der Waals surface area contributed by atoms with Crippen LogP contribution in [0.15, 0.2) is 72.8 Å². The van der Waals surface area contributed by atoms with Gasteiger partial charge >= 0.3 is 0 Å². The van der Waals surface area contributed by atoms with E-state index >= 15 is 0 Å². The fraction of sp³-hybridized carbons (Fsp3) is 0.192. The van der Waals surface area contributed by atoms with Gasteiger partial charge in [0.1, 0.15) is 12.1 Å². The lowest BCUT2D eigenvalue weighted by Crippen LogP contribution is -2.25. The molecule has 0 radical (unpaired) electrons. The number of aldehydes is 1. The number of nitrogens with one attached hydrogen (secondary N) is 2. The minimum Gasteiger partial charge on any atom is -0.352 e. The van der Waals surface area contributed by atoms with Crippen molar-refractivity contribution in [1.82, 2.24) is 10.6 Å². The van der Waals surface area contributed by atoms with Crippen LogP contribution in [0, 0.1) is 17.1 Å². The van der Waals surface area contributed by atoms with Crippen LogP contribution < -0.4 is 10.6 Å². The van der Waals surface area contributed by atoms with E-state index in [9.17, 15) is 14.0 Å². The summed E-state index contributed by atoms with van der Waals surface area (Å²) in [6.07, 6.45) is 1.37. The molecule has 0 saturated carbocycles. The van der Waals surface area contributed by atoms with E-state index in [1.807, 2.05) is 38.4 Å². The van der Waals surface area contributed by atoms with Gasteiger partial charge in [-0.05, 0) is 74.1 Å². The Labute approximate surface area is 187 Å². The van der Waals surface area contributed by atoms with Gasteiger partial charge in [0.2, 0.25) is 0 Å². The molecule has 0 aliphatic rings. The van der Waals surface area contributed by atoms with E-state index in [1.54, 1.807) is 42.5 Å². The van der Waals surface area contributed by atoms with Crippen LogP contribution in [0.3, 0.4) is 0 Å². The highest BCUT2D eigenvalue weighted by atomic mass is 19.1. The third kappa shape index (κ3) is 7.15. The maximum atomic E-state index is 13.3. The van der Waals surface area contributed by atoms with E-state index < -0.39 is 0 Å². The largest absolute Gasteiger partial charge is 0.352 e. The molecule has 0 heterocycles. The molecule has 0 fully saturated rings. The predicted molar refractivity (Wildman–Crippen MR) is 123 cm³/mol. The Kier molecular flexibility index (Phi) is 9.76. The number of hydrogen-bond acceptors (Lipinski definition) is 4. The number of benzene rings is 3. The molecule has 3 rings (SSSR count). The van der Waals surface area contributed by atoms with Crippen LogP contribution in [-0.4, -0.2) is 32.8 Å². The molecule has 164 valence electrons. The van der Waals surface area contributed by atoms with Crippen LogP contribution in [0.4, 0.5) is 4.39 Å². The van der Waals surface area contributed by atoms with E-state index in [0.29, 0.717) is 29.7 Å². The van der Waals surface area contributed by atoms with Gasteiger partial charge in [-0.15, -0.1) is 0 Å². The lowest BCUT2D eigenvalue weighted by Gasteiger charge is -2.19. The molecule has 0 aliphatic heterocycles. The van der Waals surface area contributed by atoms with Gasteiger partial charge in [0.05, 0.1) is 11.6 Å². The molecule has 0 saturated heterocycles. The normalized spacial score (nSPS) is 10.8. The smallest absolute Gasteiger partial charge is 0.251 e. The first kappa shape index (κ1) is 24.4. The van der Waals surface area contributed by atoms with Crippen molar-refractivity contribution in [3.63, 3.8) is 0 Å². The number of hydrogen-bond donors (Lipinski definition) is 2. The second kappa shape index (κ2) is 12.8. The van der Waals surface area contributed by atoms with Gasteiger partial charge in [0.25, 0.3) is 5.91 Å². The fourth-order valence-electron chi connectivity index (χ4n) is 3.20. The molecule has 1 amide bonds. The number of amides is 1. The Hall–Kier alpha value is -3.82.